The summed E-state index contributed by atoms with van der Waals surface area (Å²) in [5.41, 5.74) is -1.84. The molecule has 1 aliphatic heterocycles. The number of carbonyl (C=O) groups excluding carboxylic acids is 1. The van der Waals surface area contributed by atoms with Crippen molar-refractivity contribution in [1.29, 1.82) is 0 Å². The minimum Gasteiger partial charge on any atom is -0.384 e. The van der Waals surface area contributed by atoms with Crippen LogP contribution in [0.15, 0.2) is 0 Å². The lowest BCUT2D eigenvalue weighted by atomic mass is 10.1. The van der Waals surface area contributed by atoms with Crippen LogP contribution in [0.1, 0.15) is 13.8 Å². The molecule has 5 heteroatoms. The number of hydrogen-bond donors (Lipinski definition) is 0. The topological polar surface area (TPSA) is 39.9 Å². The molecule has 0 aromatic rings. The zero-order valence-corrected chi connectivity index (χ0v) is 6.05. The Balaban J connectivity index is 3.01. The van der Waals surface area contributed by atoms with E-state index in [0.29, 0.717) is 0 Å². The first-order valence-electron chi connectivity index (χ1n) is 2.91. The van der Waals surface area contributed by atoms with Crippen molar-refractivity contribution in [2.45, 2.75) is 25.4 Å². The molecule has 1 heterocycles. The van der Waals surface area contributed by atoms with Crippen molar-refractivity contribution in [1.82, 2.24) is 0 Å². The second-order valence-corrected chi connectivity index (χ2v) is 2.47. The average molecular weight is 159 g/mol. The van der Waals surface area contributed by atoms with E-state index in [0.717, 1.165) is 13.8 Å². The standard InChI is InChI=1S/C6H6FNO3/c1-5(7)6(2,8-3)11-4(9)10-5/h1-2H3. The SMILES string of the molecule is [C-]#[N+]C1(C)OC(=O)OC1(C)F. The Kier molecular flexibility index (Phi) is 1.31. The summed E-state index contributed by atoms with van der Waals surface area (Å²) < 4.78 is 21.6. The Morgan fingerprint density at radius 1 is 1.55 bits per heavy atom. The maximum Gasteiger partial charge on any atom is 0.517 e. The monoisotopic (exact) mass is 159 g/mol. The van der Waals surface area contributed by atoms with E-state index in [1.807, 2.05) is 0 Å². The molecule has 1 fully saturated rings. The van der Waals surface area contributed by atoms with Gasteiger partial charge in [0, 0.05) is 6.92 Å². The third-order valence-electron chi connectivity index (χ3n) is 1.60. The van der Waals surface area contributed by atoms with Crippen molar-refractivity contribution in [3.8, 4) is 0 Å². The predicted molar refractivity (Wildman–Crippen MR) is 32.1 cm³/mol. The summed E-state index contributed by atoms with van der Waals surface area (Å²) in [6.45, 7) is 8.71. The number of nitrogens with zero attached hydrogens (tertiary/aromatic N) is 1. The maximum atomic E-state index is 13.1. The van der Waals surface area contributed by atoms with E-state index in [9.17, 15) is 9.18 Å². The van der Waals surface area contributed by atoms with Gasteiger partial charge < -0.3 is 9.47 Å². The Labute approximate surface area is 62.7 Å². The number of halogens is 1. The third-order valence-corrected chi connectivity index (χ3v) is 1.60. The molecule has 0 spiro atoms. The minimum atomic E-state index is -2.36. The van der Waals surface area contributed by atoms with Gasteiger partial charge in [-0.05, 0) is 0 Å². The average Bonchev–Trinajstić information content (AvgIpc) is 2.03. The van der Waals surface area contributed by atoms with Crippen LogP contribution in [-0.2, 0) is 9.47 Å². The predicted octanol–water partition coefficient (Wildman–Crippen LogP) is 1.47. The van der Waals surface area contributed by atoms with Gasteiger partial charge in [-0.3, -0.25) is 4.85 Å². The van der Waals surface area contributed by atoms with Crippen LogP contribution in [0.25, 0.3) is 4.85 Å². The second kappa shape index (κ2) is 1.84. The normalized spacial score (nSPS) is 42.5. The van der Waals surface area contributed by atoms with Crippen LogP contribution < -0.4 is 0 Å². The fraction of sp³-hybridized carbons (Fsp3) is 0.667. The Bertz CT molecular complexity index is 245. The molecular weight excluding hydrogens is 153 g/mol. The van der Waals surface area contributed by atoms with E-state index in [4.69, 9.17) is 6.57 Å². The van der Waals surface area contributed by atoms with E-state index in [1.165, 1.54) is 0 Å². The third kappa shape index (κ3) is 0.909. The molecule has 60 valence electrons. The Morgan fingerprint density at radius 2 is 2.09 bits per heavy atom. The number of hydrogen-bond acceptors (Lipinski definition) is 3. The lowest BCUT2D eigenvalue weighted by molar-refractivity contribution is -0.102. The molecule has 0 saturated carbocycles. The molecule has 2 atom stereocenters. The van der Waals surface area contributed by atoms with Crippen molar-refractivity contribution in [3.63, 3.8) is 0 Å². The molecule has 0 bridgehead atoms. The summed E-state index contributed by atoms with van der Waals surface area (Å²) in [6.07, 6.45) is -1.14. The van der Waals surface area contributed by atoms with Gasteiger partial charge in [0.15, 0.2) is 0 Å². The van der Waals surface area contributed by atoms with Gasteiger partial charge in [0.1, 0.15) is 0 Å². The van der Waals surface area contributed by atoms with Crippen molar-refractivity contribution < 1.29 is 18.7 Å². The number of alkyl halides is 1. The van der Waals surface area contributed by atoms with Crippen LogP contribution in [0, 0.1) is 6.57 Å². The molecular formula is C6H6FNO3. The van der Waals surface area contributed by atoms with Gasteiger partial charge >= 0.3 is 17.7 Å². The highest BCUT2D eigenvalue weighted by Gasteiger charge is 2.65. The first-order chi connectivity index (χ1) is 4.91. The zero-order valence-electron chi connectivity index (χ0n) is 6.05. The van der Waals surface area contributed by atoms with E-state index in [1.54, 1.807) is 0 Å². The Hall–Kier alpha value is -1.31. The molecule has 0 aromatic heterocycles. The lowest BCUT2D eigenvalue weighted by Gasteiger charge is -2.15. The molecule has 0 aromatic carbocycles. The van der Waals surface area contributed by atoms with Crippen LogP contribution in [0.5, 0.6) is 0 Å². The molecule has 4 nitrogen and oxygen atoms in total. The first-order valence-corrected chi connectivity index (χ1v) is 2.91. The highest BCUT2D eigenvalue weighted by Crippen LogP contribution is 2.38. The number of rotatable bonds is 0. The molecule has 0 radical (unpaired) electrons. The Morgan fingerprint density at radius 3 is 2.27 bits per heavy atom. The van der Waals surface area contributed by atoms with Gasteiger partial charge in [-0.2, -0.15) is 4.39 Å². The van der Waals surface area contributed by atoms with Crippen molar-refractivity contribution in [3.05, 3.63) is 11.4 Å². The largest absolute Gasteiger partial charge is 0.517 e. The molecule has 11 heavy (non-hydrogen) atoms. The molecule has 1 saturated heterocycles. The summed E-state index contributed by atoms with van der Waals surface area (Å²) in [7, 11) is 0. The van der Waals surface area contributed by atoms with Crippen molar-refractivity contribution >= 4 is 6.16 Å². The summed E-state index contributed by atoms with van der Waals surface area (Å²) in [6, 6.07) is 0. The molecule has 0 N–H and O–H groups in total. The number of carbonyl (C=O) groups is 1. The summed E-state index contributed by atoms with van der Waals surface area (Å²) >= 11 is 0. The van der Waals surface area contributed by atoms with E-state index in [2.05, 4.69) is 14.3 Å². The smallest absolute Gasteiger partial charge is 0.384 e. The van der Waals surface area contributed by atoms with Gasteiger partial charge in [-0.25, -0.2) is 11.4 Å². The highest BCUT2D eigenvalue weighted by atomic mass is 19.2. The van der Waals surface area contributed by atoms with Crippen LogP contribution in [0.4, 0.5) is 9.18 Å². The van der Waals surface area contributed by atoms with Gasteiger partial charge in [0.25, 0.3) is 0 Å². The molecule has 0 amide bonds. The van der Waals surface area contributed by atoms with Gasteiger partial charge in [0.2, 0.25) is 0 Å². The van der Waals surface area contributed by atoms with Crippen LogP contribution >= 0.6 is 0 Å². The van der Waals surface area contributed by atoms with E-state index in [-0.39, 0.29) is 0 Å². The first kappa shape index (κ1) is 7.79. The summed E-state index contributed by atoms with van der Waals surface area (Å²) in [4.78, 5) is 13.2. The highest BCUT2D eigenvalue weighted by molar-refractivity contribution is 5.64. The number of ether oxygens (including phenoxy) is 2. The second-order valence-electron chi connectivity index (χ2n) is 2.47. The molecule has 1 aliphatic rings. The van der Waals surface area contributed by atoms with E-state index >= 15 is 0 Å². The fourth-order valence-corrected chi connectivity index (χ4v) is 0.648. The van der Waals surface area contributed by atoms with Gasteiger partial charge in [-0.15, -0.1) is 0 Å². The zero-order chi connectivity index (χ0) is 8.70. The minimum absolute atomic E-state index is 0.982. The van der Waals surface area contributed by atoms with Crippen molar-refractivity contribution in [2.75, 3.05) is 0 Å². The van der Waals surface area contributed by atoms with Crippen molar-refractivity contribution in [2.24, 2.45) is 0 Å². The number of cyclic esters (lactones) is 2. The maximum absolute atomic E-state index is 13.1. The lowest BCUT2D eigenvalue weighted by Crippen LogP contribution is -2.40. The van der Waals surface area contributed by atoms with Gasteiger partial charge in [0.05, 0.1) is 6.92 Å². The molecule has 0 aliphatic carbocycles. The quantitative estimate of drug-likeness (QED) is 0.397. The summed E-state index contributed by atoms with van der Waals surface area (Å²) in [5, 5.41) is 0. The van der Waals surface area contributed by atoms with Crippen LogP contribution in [0.3, 0.4) is 0 Å². The summed E-state index contributed by atoms with van der Waals surface area (Å²) in [5.74, 6) is -2.36. The van der Waals surface area contributed by atoms with E-state index < -0.39 is 17.7 Å². The molecule has 1 rings (SSSR count). The fourth-order valence-electron chi connectivity index (χ4n) is 0.648. The van der Waals surface area contributed by atoms with Crippen LogP contribution in [0.2, 0.25) is 0 Å². The molecule has 2 unspecified atom stereocenters. The van der Waals surface area contributed by atoms with Crippen LogP contribution in [-0.4, -0.2) is 17.7 Å². The van der Waals surface area contributed by atoms with Gasteiger partial charge in [-0.1, -0.05) is 0 Å².